The summed E-state index contributed by atoms with van der Waals surface area (Å²) >= 11 is 0. The zero-order valence-corrected chi connectivity index (χ0v) is 15.5. The Bertz CT molecular complexity index is 828. The molecule has 6 nitrogen and oxygen atoms in total. The van der Waals surface area contributed by atoms with E-state index in [1.54, 1.807) is 28.4 Å². The van der Waals surface area contributed by atoms with E-state index >= 15 is 0 Å². The molecule has 0 aliphatic rings. The lowest BCUT2D eigenvalue weighted by Crippen LogP contribution is -1.99. The molecule has 0 unspecified atom stereocenters. The number of nitrogens with zero attached hydrogens (tertiary/aromatic N) is 1. The Kier molecular flexibility index (Phi) is 6.34. The largest absolute Gasteiger partial charge is 0.495 e. The Morgan fingerprint density at radius 3 is 1.96 bits per heavy atom. The summed E-state index contributed by atoms with van der Waals surface area (Å²) in [6, 6.07) is 11.4. The minimum atomic E-state index is 0.501. The van der Waals surface area contributed by atoms with E-state index in [-0.39, 0.29) is 0 Å². The van der Waals surface area contributed by atoms with Crippen LogP contribution in [0.5, 0.6) is 23.0 Å². The van der Waals surface area contributed by atoms with Crippen LogP contribution >= 0.6 is 0 Å². The minimum Gasteiger partial charge on any atom is -0.495 e. The first-order chi connectivity index (χ1) is 12.6. The van der Waals surface area contributed by atoms with Crippen LogP contribution in [0, 0.1) is 11.3 Å². The average molecular weight is 354 g/mol. The van der Waals surface area contributed by atoms with Gasteiger partial charge < -0.3 is 24.3 Å². The first kappa shape index (κ1) is 19.0. The first-order valence-corrected chi connectivity index (χ1v) is 7.89. The second-order valence-electron chi connectivity index (χ2n) is 5.27. The van der Waals surface area contributed by atoms with Gasteiger partial charge in [0.15, 0.2) is 11.5 Å². The van der Waals surface area contributed by atoms with Gasteiger partial charge >= 0.3 is 0 Å². The normalized spacial score (nSPS) is 10.7. The number of ether oxygens (including phenoxy) is 4. The summed E-state index contributed by atoms with van der Waals surface area (Å²) < 4.78 is 21.5. The lowest BCUT2D eigenvalue weighted by atomic mass is 9.96. The Morgan fingerprint density at radius 2 is 1.50 bits per heavy atom. The van der Waals surface area contributed by atoms with Crippen LogP contribution in [0.3, 0.4) is 0 Å². The van der Waals surface area contributed by atoms with Crippen molar-refractivity contribution >= 4 is 11.3 Å². The molecule has 0 atom stereocenters. The Balaban J connectivity index is 2.66. The van der Waals surface area contributed by atoms with Crippen molar-refractivity contribution in [2.75, 3.05) is 40.8 Å². The number of rotatable bonds is 7. The lowest BCUT2D eigenvalue weighted by molar-refractivity contribution is 0.324. The van der Waals surface area contributed by atoms with Gasteiger partial charge in [-0.3, -0.25) is 0 Å². The summed E-state index contributed by atoms with van der Waals surface area (Å²) in [5.74, 6) is 2.26. The fourth-order valence-corrected chi connectivity index (χ4v) is 2.71. The van der Waals surface area contributed by atoms with Crippen molar-refractivity contribution in [3.8, 4) is 29.1 Å². The number of nitrogens with one attached hydrogen (secondary N) is 1. The fourth-order valence-electron chi connectivity index (χ4n) is 2.71. The molecule has 0 aliphatic carbocycles. The molecule has 0 fully saturated rings. The zero-order valence-electron chi connectivity index (χ0n) is 15.5. The summed E-state index contributed by atoms with van der Waals surface area (Å²) in [7, 11) is 8.09. The van der Waals surface area contributed by atoms with E-state index in [1.807, 2.05) is 37.4 Å². The molecule has 2 rings (SSSR count). The van der Waals surface area contributed by atoms with Crippen molar-refractivity contribution in [2.45, 2.75) is 0 Å². The van der Waals surface area contributed by atoms with Gasteiger partial charge in [0.1, 0.15) is 5.75 Å². The number of allylic oxidation sites excluding steroid dienone is 1. The Hall–Kier alpha value is -3.33. The maximum absolute atomic E-state index is 9.29. The molecule has 0 aliphatic heterocycles. The summed E-state index contributed by atoms with van der Waals surface area (Å²) in [6.07, 6.45) is 1.49. The van der Waals surface area contributed by atoms with Gasteiger partial charge in [-0.1, -0.05) is 6.07 Å². The fraction of sp³-hybridized carbons (Fsp3) is 0.250. The van der Waals surface area contributed by atoms with Gasteiger partial charge in [-0.05, 0) is 41.0 Å². The van der Waals surface area contributed by atoms with Crippen LogP contribution in [0.4, 0.5) is 5.69 Å². The molecule has 26 heavy (non-hydrogen) atoms. The van der Waals surface area contributed by atoms with Crippen LogP contribution in [0.2, 0.25) is 0 Å². The van der Waals surface area contributed by atoms with Crippen LogP contribution in [0.15, 0.2) is 36.4 Å². The van der Waals surface area contributed by atoms with Crippen molar-refractivity contribution < 1.29 is 18.9 Å². The molecule has 136 valence electrons. The number of hydrogen-bond donors (Lipinski definition) is 1. The molecule has 0 bridgehead atoms. The molecule has 0 saturated heterocycles. The number of hydrogen-bond acceptors (Lipinski definition) is 6. The van der Waals surface area contributed by atoms with Crippen molar-refractivity contribution in [2.24, 2.45) is 0 Å². The van der Waals surface area contributed by atoms with Gasteiger partial charge in [-0.15, -0.1) is 0 Å². The molecule has 0 amide bonds. The van der Waals surface area contributed by atoms with E-state index < -0.39 is 0 Å². The second kappa shape index (κ2) is 8.67. The summed E-state index contributed by atoms with van der Waals surface area (Å²) in [5.41, 5.74) is 3.17. The number of nitriles is 1. The monoisotopic (exact) mass is 354 g/mol. The SMILES string of the molecule is CNc1cc(/C(=C\C#N)c2cc(OC)c(OC)c(OC)c2)ccc1OC. The highest BCUT2D eigenvalue weighted by molar-refractivity contribution is 5.85. The molecule has 1 N–H and O–H groups in total. The quantitative estimate of drug-likeness (QED) is 0.764. The Morgan fingerprint density at radius 1 is 0.885 bits per heavy atom. The third kappa shape index (κ3) is 3.67. The van der Waals surface area contributed by atoms with Crippen LogP contribution in [0.25, 0.3) is 5.57 Å². The second-order valence-corrected chi connectivity index (χ2v) is 5.27. The van der Waals surface area contributed by atoms with E-state index in [1.165, 1.54) is 6.08 Å². The van der Waals surface area contributed by atoms with Crippen molar-refractivity contribution in [1.29, 1.82) is 5.26 Å². The van der Waals surface area contributed by atoms with Gasteiger partial charge in [0.2, 0.25) is 5.75 Å². The van der Waals surface area contributed by atoms with E-state index in [0.717, 1.165) is 28.1 Å². The topological polar surface area (TPSA) is 72.7 Å². The molecule has 0 heterocycles. The first-order valence-electron chi connectivity index (χ1n) is 7.89. The molecule has 0 spiro atoms. The molecule has 2 aromatic carbocycles. The smallest absolute Gasteiger partial charge is 0.203 e. The van der Waals surface area contributed by atoms with E-state index in [4.69, 9.17) is 18.9 Å². The van der Waals surface area contributed by atoms with Crippen LogP contribution in [-0.4, -0.2) is 35.5 Å². The van der Waals surface area contributed by atoms with Crippen molar-refractivity contribution in [3.63, 3.8) is 0 Å². The van der Waals surface area contributed by atoms with E-state index in [9.17, 15) is 5.26 Å². The van der Waals surface area contributed by atoms with Crippen LogP contribution in [-0.2, 0) is 0 Å². The number of benzene rings is 2. The predicted molar refractivity (Wildman–Crippen MR) is 101 cm³/mol. The van der Waals surface area contributed by atoms with Gasteiger partial charge in [-0.2, -0.15) is 5.26 Å². The van der Waals surface area contributed by atoms with E-state index in [0.29, 0.717) is 17.2 Å². The minimum absolute atomic E-state index is 0.501. The molecular weight excluding hydrogens is 332 g/mol. The molecule has 2 aromatic rings. The molecule has 0 aromatic heterocycles. The van der Waals surface area contributed by atoms with Gasteiger partial charge in [0.25, 0.3) is 0 Å². The number of anilines is 1. The lowest BCUT2D eigenvalue weighted by Gasteiger charge is -2.16. The molecule has 0 saturated carbocycles. The predicted octanol–water partition coefficient (Wildman–Crippen LogP) is 3.72. The van der Waals surface area contributed by atoms with Crippen molar-refractivity contribution in [1.82, 2.24) is 0 Å². The summed E-state index contributed by atoms with van der Waals surface area (Å²) in [6.45, 7) is 0. The van der Waals surface area contributed by atoms with Gasteiger partial charge in [0.05, 0.1) is 40.2 Å². The Labute approximate surface area is 153 Å². The maximum atomic E-state index is 9.29. The highest BCUT2D eigenvalue weighted by atomic mass is 16.5. The average Bonchev–Trinajstić information content (AvgIpc) is 2.70. The standard InChI is InChI=1S/C20H22N2O4/c1-22-16-10-13(6-7-17(16)23-2)15(8-9-21)14-11-18(24-3)20(26-5)19(12-14)25-4/h6-8,10-12,22H,1-5H3/b15-8+. The summed E-state index contributed by atoms with van der Waals surface area (Å²) in [5, 5.41) is 12.4. The number of methoxy groups -OCH3 is 4. The van der Waals surface area contributed by atoms with Crippen molar-refractivity contribution in [3.05, 3.63) is 47.5 Å². The summed E-state index contributed by atoms with van der Waals surface area (Å²) in [4.78, 5) is 0. The van der Waals surface area contributed by atoms with E-state index in [2.05, 4.69) is 11.4 Å². The molecule has 6 heteroatoms. The highest BCUT2D eigenvalue weighted by Crippen LogP contribution is 2.41. The third-order valence-electron chi connectivity index (χ3n) is 3.96. The maximum Gasteiger partial charge on any atom is 0.203 e. The molecule has 0 radical (unpaired) electrons. The zero-order chi connectivity index (χ0) is 19.1. The van der Waals surface area contributed by atoms with Gasteiger partial charge in [0, 0.05) is 13.1 Å². The van der Waals surface area contributed by atoms with Gasteiger partial charge in [-0.25, -0.2) is 0 Å². The van der Waals surface area contributed by atoms with Crippen LogP contribution < -0.4 is 24.3 Å². The highest BCUT2D eigenvalue weighted by Gasteiger charge is 2.17. The third-order valence-corrected chi connectivity index (χ3v) is 3.96. The van der Waals surface area contributed by atoms with Crippen LogP contribution in [0.1, 0.15) is 11.1 Å². The molecular formula is C20H22N2O4.